The summed E-state index contributed by atoms with van der Waals surface area (Å²) >= 11 is 0. The van der Waals surface area contributed by atoms with Gasteiger partial charge in [0, 0.05) is 6.54 Å². The molecule has 1 aromatic rings. The van der Waals surface area contributed by atoms with E-state index in [4.69, 9.17) is 5.73 Å². The van der Waals surface area contributed by atoms with Gasteiger partial charge in [0.25, 0.3) is 10.0 Å². The van der Waals surface area contributed by atoms with Crippen molar-refractivity contribution < 1.29 is 13.2 Å². The van der Waals surface area contributed by atoms with E-state index in [9.17, 15) is 13.2 Å². The van der Waals surface area contributed by atoms with E-state index in [0.717, 1.165) is 16.3 Å². The molecule has 100 valence electrons. The van der Waals surface area contributed by atoms with E-state index in [1.54, 1.807) is 19.1 Å². The fraction of sp³-hybridized carbons (Fsp3) is 0.417. The topological polar surface area (TPSA) is 80.5 Å². The van der Waals surface area contributed by atoms with Crippen LogP contribution in [0.2, 0.25) is 0 Å². The Balaban J connectivity index is 3.13. The van der Waals surface area contributed by atoms with Crippen molar-refractivity contribution in [3.8, 4) is 0 Å². The Morgan fingerprint density at radius 3 is 2.56 bits per heavy atom. The number of sulfonamides is 1. The van der Waals surface area contributed by atoms with Crippen LogP contribution in [0.4, 0.5) is 4.79 Å². The van der Waals surface area contributed by atoms with E-state index in [0.29, 0.717) is 6.42 Å². The molecule has 0 bridgehead atoms. The molecule has 0 spiro atoms. The second-order valence-electron chi connectivity index (χ2n) is 4.09. The van der Waals surface area contributed by atoms with Crippen molar-refractivity contribution >= 4 is 16.1 Å². The summed E-state index contributed by atoms with van der Waals surface area (Å²) < 4.78 is 25.2. The van der Waals surface area contributed by atoms with E-state index in [1.165, 1.54) is 12.1 Å². The van der Waals surface area contributed by atoms with E-state index in [2.05, 4.69) is 0 Å². The van der Waals surface area contributed by atoms with Crippen LogP contribution in [-0.4, -0.2) is 25.3 Å². The Kier molecular flexibility index (Phi) is 4.72. The molecule has 1 rings (SSSR count). The summed E-state index contributed by atoms with van der Waals surface area (Å²) in [6.07, 6.45) is 1.38. The maximum atomic E-state index is 12.3. The number of benzene rings is 1. The van der Waals surface area contributed by atoms with Gasteiger partial charge in [0.15, 0.2) is 0 Å². The number of carbonyl (C=O) groups excluding carboxylic acids is 1. The standard InChI is InChI=1S/C12H18N2O3S/c1-3-4-8-14(12(13)15)18(16,17)11-7-5-6-10(2)9-11/h5-7,9H,3-4,8H2,1-2H3,(H2,13,15). The molecular weight excluding hydrogens is 252 g/mol. The van der Waals surface area contributed by atoms with Gasteiger partial charge in [-0.25, -0.2) is 17.5 Å². The first-order valence-corrected chi connectivity index (χ1v) is 7.22. The molecule has 5 nitrogen and oxygen atoms in total. The van der Waals surface area contributed by atoms with Gasteiger partial charge in [-0.15, -0.1) is 0 Å². The molecule has 0 fully saturated rings. The van der Waals surface area contributed by atoms with Gasteiger partial charge < -0.3 is 5.73 Å². The molecule has 6 heteroatoms. The number of unbranched alkanes of at least 4 members (excludes halogenated alkanes) is 1. The number of hydrogen-bond donors (Lipinski definition) is 1. The fourth-order valence-electron chi connectivity index (χ4n) is 1.55. The summed E-state index contributed by atoms with van der Waals surface area (Å²) in [5.41, 5.74) is 5.96. The molecule has 0 atom stereocenters. The lowest BCUT2D eigenvalue weighted by Crippen LogP contribution is -2.41. The Labute approximate surface area is 108 Å². The molecule has 2 amide bonds. The first kappa shape index (κ1) is 14.5. The van der Waals surface area contributed by atoms with Crippen molar-refractivity contribution in [1.82, 2.24) is 4.31 Å². The number of nitrogens with zero attached hydrogens (tertiary/aromatic N) is 1. The normalized spacial score (nSPS) is 11.2. The summed E-state index contributed by atoms with van der Waals surface area (Å²) in [5, 5.41) is 0. The molecule has 1 aromatic carbocycles. The monoisotopic (exact) mass is 270 g/mol. The summed E-state index contributed by atoms with van der Waals surface area (Å²) in [4.78, 5) is 11.4. The molecule has 0 unspecified atom stereocenters. The highest BCUT2D eigenvalue weighted by Crippen LogP contribution is 2.17. The summed E-state index contributed by atoms with van der Waals surface area (Å²) in [7, 11) is -3.84. The van der Waals surface area contributed by atoms with Gasteiger partial charge in [0.1, 0.15) is 0 Å². The largest absolute Gasteiger partial charge is 0.351 e. The van der Waals surface area contributed by atoms with Crippen LogP contribution in [0.25, 0.3) is 0 Å². The van der Waals surface area contributed by atoms with Crippen LogP contribution < -0.4 is 5.73 Å². The first-order valence-electron chi connectivity index (χ1n) is 5.78. The molecule has 0 aliphatic carbocycles. The van der Waals surface area contributed by atoms with Crippen molar-refractivity contribution in [2.45, 2.75) is 31.6 Å². The zero-order chi connectivity index (χ0) is 13.8. The Hall–Kier alpha value is -1.56. The zero-order valence-electron chi connectivity index (χ0n) is 10.6. The van der Waals surface area contributed by atoms with Crippen molar-refractivity contribution in [3.63, 3.8) is 0 Å². The average molecular weight is 270 g/mol. The Bertz CT molecular complexity index is 526. The van der Waals surface area contributed by atoms with Gasteiger partial charge in [-0.3, -0.25) is 0 Å². The summed E-state index contributed by atoms with van der Waals surface area (Å²) in [6.45, 7) is 3.82. The lowest BCUT2D eigenvalue weighted by atomic mass is 10.2. The maximum absolute atomic E-state index is 12.3. The lowest BCUT2D eigenvalue weighted by Gasteiger charge is -2.20. The summed E-state index contributed by atoms with van der Waals surface area (Å²) in [6, 6.07) is 5.48. The molecule has 0 saturated carbocycles. The second kappa shape index (κ2) is 5.86. The highest BCUT2D eigenvalue weighted by Gasteiger charge is 2.26. The highest BCUT2D eigenvalue weighted by molar-refractivity contribution is 7.89. The molecule has 0 radical (unpaired) electrons. The van der Waals surface area contributed by atoms with E-state index in [-0.39, 0.29) is 11.4 Å². The number of aryl methyl sites for hydroxylation is 1. The van der Waals surface area contributed by atoms with Crippen LogP contribution in [0, 0.1) is 6.92 Å². The van der Waals surface area contributed by atoms with Crippen LogP contribution in [-0.2, 0) is 10.0 Å². The smallest absolute Gasteiger partial charge is 0.328 e. The number of amides is 2. The predicted octanol–water partition coefficient (Wildman–Crippen LogP) is 1.86. The quantitative estimate of drug-likeness (QED) is 0.886. The third kappa shape index (κ3) is 3.22. The van der Waals surface area contributed by atoms with Gasteiger partial charge >= 0.3 is 6.03 Å². The van der Waals surface area contributed by atoms with Crippen molar-refractivity contribution in [1.29, 1.82) is 0 Å². The molecule has 0 aliphatic heterocycles. The van der Waals surface area contributed by atoms with E-state index >= 15 is 0 Å². The minimum Gasteiger partial charge on any atom is -0.351 e. The van der Waals surface area contributed by atoms with E-state index in [1.807, 2.05) is 6.92 Å². The van der Waals surface area contributed by atoms with Gasteiger partial charge in [0.05, 0.1) is 4.90 Å². The molecular formula is C12H18N2O3S. The predicted molar refractivity (Wildman–Crippen MR) is 69.6 cm³/mol. The number of carbonyl (C=O) groups is 1. The van der Waals surface area contributed by atoms with Crippen LogP contribution >= 0.6 is 0 Å². The van der Waals surface area contributed by atoms with Crippen molar-refractivity contribution in [3.05, 3.63) is 29.8 Å². The SMILES string of the molecule is CCCCN(C(N)=O)S(=O)(=O)c1cccc(C)c1. The molecule has 2 N–H and O–H groups in total. The van der Waals surface area contributed by atoms with Crippen molar-refractivity contribution in [2.75, 3.05) is 6.54 Å². The van der Waals surface area contributed by atoms with Crippen molar-refractivity contribution in [2.24, 2.45) is 5.73 Å². The molecule has 18 heavy (non-hydrogen) atoms. The minimum atomic E-state index is -3.84. The number of urea groups is 1. The molecule has 0 aromatic heterocycles. The van der Waals surface area contributed by atoms with E-state index < -0.39 is 16.1 Å². The van der Waals surface area contributed by atoms with Gasteiger partial charge in [-0.1, -0.05) is 25.5 Å². The van der Waals surface area contributed by atoms with Crippen LogP contribution in [0.3, 0.4) is 0 Å². The molecule has 0 heterocycles. The first-order chi connectivity index (χ1) is 8.39. The Morgan fingerprint density at radius 2 is 2.06 bits per heavy atom. The molecule has 0 aliphatic rings. The third-order valence-corrected chi connectivity index (χ3v) is 4.33. The third-order valence-electron chi connectivity index (χ3n) is 2.54. The number of hydrogen-bond acceptors (Lipinski definition) is 3. The van der Waals surface area contributed by atoms with Gasteiger partial charge in [0.2, 0.25) is 0 Å². The maximum Gasteiger partial charge on any atom is 0.328 e. The minimum absolute atomic E-state index is 0.0948. The van der Waals surface area contributed by atoms with Crippen LogP contribution in [0.1, 0.15) is 25.3 Å². The number of rotatable bonds is 5. The highest BCUT2D eigenvalue weighted by atomic mass is 32.2. The Morgan fingerprint density at radius 1 is 1.39 bits per heavy atom. The fourth-order valence-corrected chi connectivity index (χ4v) is 3.00. The average Bonchev–Trinajstić information content (AvgIpc) is 2.28. The number of nitrogens with two attached hydrogens (primary N) is 1. The van der Waals surface area contributed by atoms with Gasteiger partial charge in [-0.05, 0) is 31.0 Å². The molecule has 0 saturated heterocycles. The summed E-state index contributed by atoms with van der Waals surface area (Å²) in [5.74, 6) is 0. The zero-order valence-corrected chi connectivity index (χ0v) is 11.4. The van der Waals surface area contributed by atoms with Crippen LogP contribution in [0.5, 0.6) is 0 Å². The lowest BCUT2D eigenvalue weighted by molar-refractivity contribution is 0.231. The number of primary amides is 1. The van der Waals surface area contributed by atoms with Crippen LogP contribution in [0.15, 0.2) is 29.2 Å². The second-order valence-corrected chi connectivity index (χ2v) is 5.95. The van der Waals surface area contributed by atoms with Gasteiger partial charge in [-0.2, -0.15) is 0 Å².